The quantitative estimate of drug-likeness (QED) is 0.640. The van der Waals surface area contributed by atoms with Crippen LogP contribution in [0.15, 0.2) is 12.2 Å². The first kappa shape index (κ1) is 10.7. The Bertz CT molecular complexity index is 189. The van der Waals surface area contributed by atoms with E-state index in [2.05, 4.69) is 13.5 Å². The fourth-order valence-corrected chi connectivity index (χ4v) is 2.08. The molecule has 2 heteroatoms. The number of hydrogen-bond acceptors (Lipinski definition) is 2. The van der Waals surface area contributed by atoms with Crippen molar-refractivity contribution in [2.45, 2.75) is 32.8 Å². The van der Waals surface area contributed by atoms with Gasteiger partial charge >= 0.3 is 0 Å². The highest BCUT2D eigenvalue weighted by molar-refractivity contribution is 5.11. The van der Waals surface area contributed by atoms with Gasteiger partial charge in [0.1, 0.15) is 0 Å². The first-order chi connectivity index (χ1) is 6.07. The summed E-state index contributed by atoms with van der Waals surface area (Å²) >= 11 is 0. The van der Waals surface area contributed by atoms with Crippen molar-refractivity contribution in [2.24, 2.45) is 17.8 Å². The van der Waals surface area contributed by atoms with Gasteiger partial charge in [-0.15, -0.1) is 0 Å². The number of rotatable bonds is 2. The molecular weight excluding hydrogens is 164 g/mol. The topological polar surface area (TPSA) is 40.5 Å². The minimum absolute atomic E-state index is 0.156. The van der Waals surface area contributed by atoms with Gasteiger partial charge in [0, 0.05) is 6.61 Å². The first-order valence-corrected chi connectivity index (χ1v) is 5.05. The van der Waals surface area contributed by atoms with E-state index >= 15 is 0 Å². The van der Waals surface area contributed by atoms with Gasteiger partial charge in [0.25, 0.3) is 0 Å². The number of aliphatic hydroxyl groups excluding tert-OH is 2. The third-order valence-corrected chi connectivity index (χ3v) is 3.37. The summed E-state index contributed by atoms with van der Waals surface area (Å²) in [6.45, 7) is 8.15. The molecule has 1 saturated carbocycles. The Kier molecular flexibility index (Phi) is 3.51. The van der Waals surface area contributed by atoms with Crippen molar-refractivity contribution in [3.63, 3.8) is 0 Å². The molecule has 0 amide bonds. The van der Waals surface area contributed by atoms with Gasteiger partial charge in [-0.2, -0.15) is 0 Å². The van der Waals surface area contributed by atoms with Crippen LogP contribution in [0.1, 0.15) is 26.7 Å². The van der Waals surface area contributed by atoms with E-state index in [-0.39, 0.29) is 18.4 Å². The lowest BCUT2D eigenvalue weighted by molar-refractivity contribution is 0.0476. The van der Waals surface area contributed by atoms with Gasteiger partial charge in [-0.3, -0.25) is 0 Å². The molecule has 0 aromatic heterocycles. The summed E-state index contributed by atoms with van der Waals surface area (Å²) in [5.41, 5.74) is 0.941. The molecule has 0 aliphatic heterocycles. The van der Waals surface area contributed by atoms with Crippen molar-refractivity contribution >= 4 is 0 Å². The normalized spacial score (nSPS) is 37.5. The van der Waals surface area contributed by atoms with E-state index in [4.69, 9.17) is 5.11 Å². The van der Waals surface area contributed by atoms with Gasteiger partial charge < -0.3 is 10.2 Å². The summed E-state index contributed by atoms with van der Waals surface area (Å²) in [5.74, 6) is 0.810. The van der Waals surface area contributed by atoms with Gasteiger partial charge in [0.2, 0.25) is 0 Å². The standard InChI is InChI=1S/C11H20O2/c1-7-4-5-10(8(2)6-12)11(13)9(7)3/h7-8,10-13H,3-6H2,1-2H3. The molecule has 0 bridgehead atoms. The fourth-order valence-electron chi connectivity index (χ4n) is 2.08. The molecule has 0 radical (unpaired) electrons. The molecule has 1 rings (SSSR count). The molecule has 0 aromatic rings. The molecule has 4 unspecified atom stereocenters. The lowest BCUT2D eigenvalue weighted by Gasteiger charge is -2.36. The molecule has 13 heavy (non-hydrogen) atoms. The predicted molar refractivity (Wildman–Crippen MR) is 53.3 cm³/mol. The minimum Gasteiger partial charge on any atom is -0.396 e. The third-order valence-electron chi connectivity index (χ3n) is 3.37. The molecule has 0 aromatic carbocycles. The highest BCUT2D eigenvalue weighted by Gasteiger charge is 2.33. The lowest BCUT2D eigenvalue weighted by Crippen LogP contribution is -2.35. The van der Waals surface area contributed by atoms with Gasteiger partial charge in [-0.05, 0) is 36.2 Å². The average molecular weight is 184 g/mol. The van der Waals surface area contributed by atoms with Crippen LogP contribution < -0.4 is 0 Å². The molecule has 2 N–H and O–H groups in total. The monoisotopic (exact) mass is 184 g/mol. The molecule has 4 atom stereocenters. The van der Waals surface area contributed by atoms with Crippen molar-refractivity contribution in [3.05, 3.63) is 12.2 Å². The Morgan fingerprint density at radius 3 is 2.69 bits per heavy atom. The third kappa shape index (κ3) is 2.12. The van der Waals surface area contributed by atoms with Crippen LogP contribution in [0.2, 0.25) is 0 Å². The molecule has 1 aliphatic rings. The van der Waals surface area contributed by atoms with Crippen LogP contribution in [0.5, 0.6) is 0 Å². The highest BCUT2D eigenvalue weighted by Crippen LogP contribution is 2.36. The summed E-state index contributed by atoms with van der Waals surface area (Å²) in [5, 5.41) is 18.9. The van der Waals surface area contributed by atoms with Gasteiger partial charge in [0.15, 0.2) is 0 Å². The van der Waals surface area contributed by atoms with Gasteiger partial charge in [-0.1, -0.05) is 20.4 Å². The maximum Gasteiger partial charge on any atom is 0.0781 e. The van der Waals surface area contributed by atoms with Crippen LogP contribution in [0.3, 0.4) is 0 Å². The van der Waals surface area contributed by atoms with E-state index in [9.17, 15) is 5.11 Å². The van der Waals surface area contributed by atoms with E-state index in [0.717, 1.165) is 18.4 Å². The zero-order valence-corrected chi connectivity index (χ0v) is 8.53. The Morgan fingerprint density at radius 1 is 1.54 bits per heavy atom. The Balaban J connectivity index is 2.64. The summed E-state index contributed by atoms with van der Waals surface area (Å²) < 4.78 is 0. The predicted octanol–water partition coefficient (Wildman–Crippen LogP) is 1.58. The summed E-state index contributed by atoms with van der Waals surface area (Å²) in [4.78, 5) is 0. The van der Waals surface area contributed by atoms with Crippen LogP contribution in [0, 0.1) is 17.8 Å². The van der Waals surface area contributed by atoms with Crippen molar-refractivity contribution in [1.82, 2.24) is 0 Å². The van der Waals surface area contributed by atoms with Gasteiger partial charge in [0.05, 0.1) is 6.10 Å². The van der Waals surface area contributed by atoms with Crippen molar-refractivity contribution in [3.8, 4) is 0 Å². The van der Waals surface area contributed by atoms with Gasteiger partial charge in [-0.25, -0.2) is 0 Å². The Morgan fingerprint density at radius 2 is 2.15 bits per heavy atom. The molecular formula is C11H20O2. The van der Waals surface area contributed by atoms with E-state index in [1.807, 2.05) is 6.92 Å². The lowest BCUT2D eigenvalue weighted by atomic mass is 9.73. The number of hydrogen-bond donors (Lipinski definition) is 2. The molecule has 2 nitrogen and oxygen atoms in total. The fraction of sp³-hybridized carbons (Fsp3) is 0.818. The zero-order chi connectivity index (χ0) is 10.0. The van der Waals surface area contributed by atoms with Crippen LogP contribution in [0.25, 0.3) is 0 Å². The van der Waals surface area contributed by atoms with Crippen molar-refractivity contribution < 1.29 is 10.2 Å². The summed E-state index contributed by atoms with van der Waals surface area (Å²) in [6.07, 6.45) is 1.68. The van der Waals surface area contributed by atoms with Crippen LogP contribution in [0.4, 0.5) is 0 Å². The Hall–Kier alpha value is -0.340. The van der Waals surface area contributed by atoms with Crippen LogP contribution >= 0.6 is 0 Å². The second-order valence-electron chi connectivity index (χ2n) is 4.32. The zero-order valence-electron chi connectivity index (χ0n) is 8.53. The maximum absolute atomic E-state index is 9.90. The largest absolute Gasteiger partial charge is 0.396 e. The highest BCUT2D eigenvalue weighted by atomic mass is 16.3. The van der Waals surface area contributed by atoms with Crippen LogP contribution in [-0.4, -0.2) is 22.9 Å². The van der Waals surface area contributed by atoms with E-state index in [1.54, 1.807) is 0 Å². The van der Waals surface area contributed by atoms with Crippen molar-refractivity contribution in [1.29, 1.82) is 0 Å². The first-order valence-electron chi connectivity index (χ1n) is 5.05. The summed E-state index contributed by atoms with van der Waals surface area (Å²) in [6, 6.07) is 0. The molecule has 1 aliphatic carbocycles. The van der Waals surface area contributed by atoms with E-state index in [1.165, 1.54) is 0 Å². The summed E-state index contributed by atoms with van der Waals surface area (Å²) in [7, 11) is 0. The average Bonchev–Trinajstić information content (AvgIpc) is 2.13. The smallest absolute Gasteiger partial charge is 0.0781 e. The van der Waals surface area contributed by atoms with Crippen molar-refractivity contribution in [2.75, 3.05) is 6.61 Å². The molecule has 0 spiro atoms. The maximum atomic E-state index is 9.90. The second kappa shape index (κ2) is 4.25. The minimum atomic E-state index is -0.411. The molecule has 0 saturated heterocycles. The molecule has 0 heterocycles. The molecule has 1 fully saturated rings. The van der Waals surface area contributed by atoms with E-state index < -0.39 is 6.10 Å². The number of aliphatic hydroxyl groups is 2. The second-order valence-corrected chi connectivity index (χ2v) is 4.32. The Labute approximate surface area is 80.3 Å². The SMILES string of the molecule is C=C1C(C)CCC(C(C)CO)C1O. The van der Waals surface area contributed by atoms with E-state index in [0.29, 0.717) is 5.92 Å². The molecule has 76 valence electrons. The van der Waals surface area contributed by atoms with Crippen LogP contribution in [-0.2, 0) is 0 Å².